The van der Waals surface area contributed by atoms with Crippen molar-refractivity contribution in [3.05, 3.63) is 29.8 Å². The van der Waals surface area contributed by atoms with Crippen LogP contribution in [0.3, 0.4) is 0 Å². The number of hydrogen-bond acceptors (Lipinski definition) is 2. The van der Waals surface area contributed by atoms with Gasteiger partial charge in [0.25, 0.3) is 0 Å². The highest BCUT2D eigenvalue weighted by atomic mass is 16.4. The summed E-state index contributed by atoms with van der Waals surface area (Å²) in [6.45, 7) is 2.03. The Morgan fingerprint density at radius 2 is 2.00 bits per heavy atom. The van der Waals surface area contributed by atoms with Gasteiger partial charge in [0.2, 0.25) is 0 Å². The Morgan fingerprint density at radius 1 is 1.37 bits per heavy atom. The number of carbonyl (C=O) groups is 2. The van der Waals surface area contributed by atoms with E-state index in [0.29, 0.717) is 5.69 Å². The molecular formula is C14H16N2O3. The van der Waals surface area contributed by atoms with Gasteiger partial charge in [-0.2, -0.15) is 0 Å². The molecule has 100 valence electrons. The molecule has 5 nitrogen and oxygen atoms in total. The van der Waals surface area contributed by atoms with Gasteiger partial charge in [0.05, 0.1) is 0 Å². The zero-order valence-electron chi connectivity index (χ0n) is 10.6. The van der Waals surface area contributed by atoms with Crippen molar-refractivity contribution >= 4 is 17.7 Å². The van der Waals surface area contributed by atoms with Crippen molar-refractivity contribution in [2.45, 2.75) is 25.8 Å². The van der Waals surface area contributed by atoms with Crippen molar-refractivity contribution in [1.82, 2.24) is 5.32 Å². The van der Waals surface area contributed by atoms with Gasteiger partial charge in [-0.25, -0.2) is 9.59 Å². The van der Waals surface area contributed by atoms with Crippen LogP contribution >= 0.6 is 0 Å². The standard InChI is InChI=1S/C14H16N2O3/c1-3-5-12(13(17)18)16-14(19)15-11-8-6-10(4-2)7-9-11/h1,6-9,12H,4-5H2,2H3,(H,17,18)(H2,15,16,19). The van der Waals surface area contributed by atoms with Crippen LogP contribution < -0.4 is 10.6 Å². The summed E-state index contributed by atoms with van der Waals surface area (Å²) in [4.78, 5) is 22.4. The third kappa shape index (κ3) is 4.72. The molecule has 0 radical (unpaired) electrons. The Balaban J connectivity index is 2.58. The second kappa shape index (κ2) is 7.07. The molecule has 1 unspecified atom stereocenters. The van der Waals surface area contributed by atoms with E-state index in [1.165, 1.54) is 0 Å². The number of carboxylic acids is 1. The molecule has 5 heteroatoms. The number of anilines is 1. The molecular weight excluding hydrogens is 244 g/mol. The van der Waals surface area contributed by atoms with Crippen LogP contribution in [0.4, 0.5) is 10.5 Å². The molecule has 0 saturated carbocycles. The summed E-state index contributed by atoms with van der Waals surface area (Å²) in [7, 11) is 0. The summed E-state index contributed by atoms with van der Waals surface area (Å²) >= 11 is 0. The van der Waals surface area contributed by atoms with Crippen LogP contribution in [0, 0.1) is 12.3 Å². The fourth-order valence-corrected chi connectivity index (χ4v) is 1.47. The maximum atomic E-state index is 11.6. The summed E-state index contributed by atoms with van der Waals surface area (Å²) in [6, 6.07) is 5.63. The number of carboxylic acid groups (broad SMARTS) is 1. The fraction of sp³-hybridized carbons (Fsp3) is 0.286. The first-order chi connectivity index (χ1) is 9.06. The highest BCUT2D eigenvalue weighted by Crippen LogP contribution is 2.09. The van der Waals surface area contributed by atoms with E-state index >= 15 is 0 Å². The number of nitrogens with one attached hydrogen (secondary N) is 2. The average molecular weight is 260 g/mol. The number of amides is 2. The second-order valence-electron chi connectivity index (χ2n) is 3.95. The maximum Gasteiger partial charge on any atom is 0.327 e. The molecule has 1 aromatic rings. The van der Waals surface area contributed by atoms with Gasteiger partial charge in [-0.3, -0.25) is 0 Å². The van der Waals surface area contributed by atoms with Crippen LogP contribution in [0.15, 0.2) is 24.3 Å². The second-order valence-corrected chi connectivity index (χ2v) is 3.95. The molecule has 0 fully saturated rings. The minimum absolute atomic E-state index is 0.0580. The van der Waals surface area contributed by atoms with Gasteiger partial charge >= 0.3 is 12.0 Å². The largest absolute Gasteiger partial charge is 0.480 e. The fourth-order valence-electron chi connectivity index (χ4n) is 1.47. The molecule has 0 aliphatic carbocycles. The SMILES string of the molecule is C#CCC(NC(=O)Nc1ccc(CC)cc1)C(=O)O. The highest BCUT2D eigenvalue weighted by Gasteiger charge is 2.18. The smallest absolute Gasteiger partial charge is 0.327 e. The van der Waals surface area contributed by atoms with Gasteiger partial charge in [-0.05, 0) is 24.1 Å². The molecule has 1 aromatic carbocycles. The number of aliphatic carboxylic acids is 1. The highest BCUT2D eigenvalue weighted by molar-refractivity contribution is 5.92. The van der Waals surface area contributed by atoms with Crippen molar-refractivity contribution in [2.24, 2.45) is 0 Å². The molecule has 0 heterocycles. The summed E-state index contributed by atoms with van der Waals surface area (Å²) in [6.07, 6.45) is 5.90. The van der Waals surface area contributed by atoms with Crippen molar-refractivity contribution in [2.75, 3.05) is 5.32 Å². The lowest BCUT2D eigenvalue weighted by atomic mass is 10.1. The first kappa shape index (κ1) is 14.6. The van der Waals surface area contributed by atoms with Gasteiger partial charge in [0.15, 0.2) is 0 Å². The Bertz CT molecular complexity index is 488. The number of benzene rings is 1. The molecule has 0 aromatic heterocycles. The van der Waals surface area contributed by atoms with Crippen LogP contribution in [-0.4, -0.2) is 23.1 Å². The van der Waals surface area contributed by atoms with Crippen LogP contribution in [0.25, 0.3) is 0 Å². The summed E-state index contributed by atoms with van der Waals surface area (Å²) in [5, 5.41) is 13.7. The molecule has 0 saturated heterocycles. The lowest BCUT2D eigenvalue weighted by molar-refractivity contribution is -0.139. The van der Waals surface area contributed by atoms with E-state index in [9.17, 15) is 9.59 Å². The lowest BCUT2D eigenvalue weighted by Crippen LogP contribution is -2.42. The van der Waals surface area contributed by atoms with E-state index in [1.807, 2.05) is 19.1 Å². The van der Waals surface area contributed by atoms with Crippen LogP contribution in [-0.2, 0) is 11.2 Å². The summed E-state index contributed by atoms with van der Waals surface area (Å²) < 4.78 is 0. The third-order valence-corrected chi connectivity index (χ3v) is 2.55. The van der Waals surface area contributed by atoms with Crippen molar-refractivity contribution < 1.29 is 14.7 Å². The minimum atomic E-state index is -1.16. The summed E-state index contributed by atoms with van der Waals surface area (Å²) in [5.41, 5.74) is 1.75. The van der Waals surface area contributed by atoms with Crippen molar-refractivity contribution in [1.29, 1.82) is 0 Å². The van der Waals surface area contributed by atoms with Crippen LogP contribution in [0.2, 0.25) is 0 Å². The lowest BCUT2D eigenvalue weighted by Gasteiger charge is -2.13. The van der Waals surface area contributed by atoms with Gasteiger partial charge in [-0.15, -0.1) is 12.3 Å². The molecule has 0 bridgehead atoms. The number of terminal acetylenes is 1. The molecule has 0 aliphatic rings. The number of urea groups is 1. The topological polar surface area (TPSA) is 78.4 Å². The number of rotatable bonds is 5. The Labute approximate surface area is 112 Å². The number of hydrogen-bond donors (Lipinski definition) is 3. The summed E-state index contributed by atoms with van der Waals surface area (Å²) in [5.74, 6) is 1.05. The molecule has 2 amide bonds. The zero-order chi connectivity index (χ0) is 14.3. The molecule has 1 rings (SSSR count). The Morgan fingerprint density at radius 3 is 2.47 bits per heavy atom. The Hall–Kier alpha value is -2.48. The molecule has 0 aliphatic heterocycles. The first-order valence-electron chi connectivity index (χ1n) is 5.89. The van der Waals surface area contributed by atoms with Gasteiger partial charge < -0.3 is 15.7 Å². The molecule has 1 atom stereocenters. The van der Waals surface area contributed by atoms with E-state index in [2.05, 4.69) is 16.6 Å². The molecule has 3 N–H and O–H groups in total. The zero-order valence-corrected chi connectivity index (χ0v) is 10.6. The average Bonchev–Trinajstić information content (AvgIpc) is 2.39. The van der Waals surface area contributed by atoms with E-state index in [1.54, 1.807) is 12.1 Å². The maximum absolute atomic E-state index is 11.6. The number of aryl methyl sites for hydroxylation is 1. The van der Waals surface area contributed by atoms with Crippen molar-refractivity contribution in [3.63, 3.8) is 0 Å². The van der Waals surface area contributed by atoms with E-state index < -0.39 is 18.0 Å². The number of carbonyl (C=O) groups excluding carboxylic acids is 1. The van der Waals surface area contributed by atoms with Crippen LogP contribution in [0.5, 0.6) is 0 Å². The molecule has 0 spiro atoms. The van der Waals surface area contributed by atoms with Crippen molar-refractivity contribution in [3.8, 4) is 12.3 Å². The van der Waals surface area contributed by atoms with Crippen LogP contribution in [0.1, 0.15) is 18.9 Å². The third-order valence-electron chi connectivity index (χ3n) is 2.55. The predicted octanol–water partition coefficient (Wildman–Crippen LogP) is 1.85. The quantitative estimate of drug-likeness (QED) is 0.707. The first-order valence-corrected chi connectivity index (χ1v) is 5.89. The van der Waals surface area contributed by atoms with E-state index in [0.717, 1.165) is 12.0 Å². The monoisotopic (exact) mass is 260 g/mol. The minimum Gasteiger partial charge on any atom is -0.480 e. The predicted molar refractivity (Wildman–Crippen MR) is 72.8 cm³/mol. The van der Waals surface area contributed by atoms with Gasteiger partial charge in [-0.1, -0.05) is 19.1 Å². The van der Waals surface area contributed by atoms with Gasteiger partial charge in [0, 0.05) is 12.1 Å². The van der Waals surface area contributed by atoms with Gasteiger partial charge in [0.1, 0.15) is 6.04 Å². The molecule has 19 heavy (non-hydrogen) atoms. The Kier molecular flexibility index (Phi) is 5.42. The normalized spacial score (nSPS) is 11.2. The van der Waals surface area contributed by atoms with E-state index in [-0.39, 0.29) is 6.42 Å². The van der Waals surface area contributed by atoms with E-state index in [4.69, 9.17) is 11.5 Å².